The highest BCUT2D eigenvalue weighted by atomic mass is 35.5. The number of benzene rings is 1. The molecule has 1 aromatic carbocycles. The quantitative estimate of drug-likeness (QED) is 0.786. The summed E-state index contributed by atoms with van der Waals surface area (Å²) in [6.45, 7) is 2.53. The summed E-state index contributed by atoms with van der Waals surface area (Å²) in [5.41, 5.74) is 1.12. The van der Waals surface area contributed by atoms with Gasteiger partial charge in [-0.2, -0.15) is 0 Å². The van der Waals surface area contributed by atoms with Gasteiger partial charge in [-0.3, -0.25) is 0 Å². The van der Waals surface area contributed by atoms with Crippen LogP contribution in [0.4, 0.5) is 4.39 Å². The first-order valence-corrected chi connectivity index (χ1v) is 5.92. The van der Waals surface area contributed by atoms with Crippen LogP contribution in [0.3, 0.4) is 0 Å². The molecule has 5 heteroatoms. The molecule has 0 saturated carbocycles. The third-order valence-corrected chi connectivity index (χ3v) is 2.95. The Balaban J connectivity index is 2.62. The molecule has 0 aliphatic rings. The smallest absolute Gasteiger partial charge is 0.151 e. The van der Waals surface area contributed by atoms with Gasteiger partial charge in [0.2, 0.25) is 0 Å². The van der Waals surface area contributed by atoms with Crippen LogP contribution in [0.15, 0.2) is 18.2 Å². The second-order valence-corrected chi connectivity index (χ2v) is 4.21. The number of hydrogen-bond acceptors (Lipinski definition) is 2. The highest BCUT2D eigenvalue weighted by molar-refractivity contribution is 6.16. The Kier molecular flexibility index (Phi) is 3.64. The van der Waals surface area contributed by atoms with Gasteiger partial charge in [0.1, 0.15) is 11.3 Å². The van der Waals surface area contributed by atoms with E-state index in [1.807, 2.05) is 17.6 Å². The molecule has 92 valence electrons. The average Bonchev–Trinajstić information content (AvgIpc) is 2.69. The molecule has 0 radical (unpaired) electrons. The van der Waals surface area contributed by atoms with Crippen LogP contribution >= 0.6 is 11.6 Å². The van der Waals surface area contributed by atoms with Gasteiger partial charge in [0.15, 0.2) is 5.82 Å². The van der Waals surface area contributed by atoms with Crippen molar-refractivity contribution in [3.8, 4) is 0 Å². The molecule has 0 N–H and O–H groups in total. The minimum absolute atomic E-state index is 0.0700. The first kappa shape index (κ1) is 12.3. The number of rotatable bonds is 4. The van der Waals surface area contributed by atoms with E-state index in [4.69, 9.17) is 16.3 Å². The van der Waals surface area contributed by atoms with Gasteiger partial charge in [-0.15, -0.1) is 11.6 Å². The summed E-state index contributed by atoms with van der Waals surface area (Å²) < 4.78 is 20.7. The van der Waals surface area contributed by atoms with E-state index >= 15 is 0 Å². The highest BCUT2D eigenvalue weighted by Crippen LogP contribution is 2.24. The number of imidazole rings is 1. The van der Waals surface area contributed by atoms with Crippen molar-refractivity contribution >= 4 is 22.6 Å². The fourth-order valence-electron chi connectivity index (χ4n) is 2.03. The van der Waals surface area contributed by atoms with Crippen molar-refractivity contribution in [1.82, 2.24) is 9.55 Å². The summed E-state index contributed by atoms with van der Waals surface area (Å²) >= 11 is 5.85. The number of para-hydroxylation sites is 1. The lowest BCUT2D eigenvalue weighted by atomic mass is 10.2. The van der Waals surface area contributed by atoms with E-state index < -0.39 is 0 Å². The van der Waals surface area contributed by atoms with Crippen LogP contribution in [0.2, 0.25) is 0 Å². The molecule has 2 rings (SSSR count). The van der Waals surface area contributed by atoms with Crippen LogP contribution in [0.25, 0.3) is 11.0 Å². The second kappa shape index (κ2) is 5.02. The Labute approximate surface area is 104 Å². The molecule has 17 heavy (non-hydrogen) atoms. The molecule has 0 bridgehead atoms. The number of fused-ring (bicyclic) bond motifs is 1. The number of halogens is 2. The molecule has 0 fully saturated rings. The van der Waals surface area contributed by atoms with Crippen molar-refractivity contribution in [3.05, 3.63) is 29.8 Å². The molecule has 0 aliphatic heterocycles. The molecular weight excluding hydrogens is 243 g/mol. The van der Waals surface area contributed by atoms with Gasteiger partial charge in [-0.1, -0.05) is 6.07 Å². The fourth-order valence-corrected chi connectivity index (χ4v) is 2.22. The summed E-state index contributed by atoms with van der Waals surface area (Å²) in [5, 5.41) is 0. The standard InChI is InChI=1S/C12H14ClFN2O/c1-8(7-17-2)16-10-5-3-4-9(14)12(10)15-11(16)6-13/h3-5,8H,6-7H2,1-2H3. The van der Waals surface area contributed by atoms with Gasteiger partial charge in [0, 0.05) is 7.11 Å². The van der Waals surface area contributed by atoms with Crippen molar-refractivity contribution in [2.45, 2.75) is 18.8 Å². The minimum atomic E-state index is -0.322. The highest BCUT2D eigenvalue weighted by Gasteiger charge is 2.16. The molecule has 0 aliphatic carbocycles. The van der Waals surface area contributed by atoms with Gasteiger partial charge >= 0.3 is 0 Å². The summed E-state index contributed by atoms with van der Waals surface area (Å²) in [6.07, 6.45) is 0. The number of ether oxygens (including phenoxy) is 1. The number of methoxy groups -OCH3 is 1. The van der Waals surface area contributed by atoms with Crippen LogP contribution in [0, 0.1) is 5.82 Å². The first-order valence-electron chi connectivity index (χ1n) is 5.39. The average molecular weight is 257 g/mol. The predicted octanol–water partition coefficient (Wildman–Crippen LogP) is 3.12. The van der Waals surface area contributed by atoms with E-state index in [2.05, 4.69) is 4.98 Å². The van der Waals surface area contributed by atoms with Crippen LogP contribution in [-0.4, -0.2) is 23.3 Å². The number of alkyl halides is 1. The minimum Gasteiger partial charge on any atom is -0.383 e. The predicted molar refractivity (Wildman–Crippen MR) is 65.8 cm³/mol. The molecule has 1 unspecified atom stereocenters. The third-order valence-electron chi connectivity index (χ3n) is 2.71. The molecule has 0 spiro atoms. The van der Waals surface area contributed by atoms with Crippen LogP contribution in [0.1, 0.15) is 18.8 Å². The maximum atomic E-state index is 13.6. The molecule has 0 amide bonds. The fraction of sp³-hybridized carbons (Fsp3) is 0.417. The Hall–Kier alpha value is -1.13. The van der Waals surface area contributed by atoms with Crippen LogP contribution in [-0.2, 0) is 10.6 Å². The summed E-state index contributed by atoms with van der Waals surface area (Å²) in [5.74, 6) is 0.593. The first-order chi connectivity index (χ1) is 8.19. The van der Waals surface area contributed by atoms with E-state index in [0.29, 0.717) is 17.9 Å². The van der Waals surface area contributed by atoms with Gasteiger partial charge in [0.25, 0.3) is 0 Å². The number of nitrogens with zero attached hydrogens (tertiary/aromatic N) is 2. The van der Waals surface area contributed by atoms with Crippen molar-refractivity contribution in [2.75, 3.05) is 13.7 Å². The van der Waals surface area contributed by atoms with Gasteiger partial charge in [0.05, 0.1) is 24.0 Å². The van der Waals surface area contributed by atoms with Gasteiger partial charge in [-0.25, -0.2) is 9.37 Å². The van der Waals surface area contributed by atoms with Crippen molar-refractivity contribution in [2.24, 2.45) is 0 Å². The Bertz CT molecular complexity index is 526. The normalized spacial score (nSPS) is 13.2. The van der Waals surface area contributed by atoms with Gasteiger partial charge < -0.3 is 9.30 Å². The second-order valence-electron chi connectivity index (χ2n) is 3.94. The van der Waals surface area contributed by atoms with Crippen LogP contribution in [0.5, 0.6) is 0 Å². The van der Waals surface area contributed by atoms with Crippen molar-refractivity contribution in [1.29, 1.82) is 0 Å². The summed E-state index contributed by atoms with van der Waals surface area (Å²) in [7, 11) is 1.64. The topological polar surface area (TPSA) is 27.1 Å². The molecule has 3 nitrogen and oxygen atoms in total. The Morgan fingerprint density at radius 2 is 2.29 bits per heavy atom. The monoisotopic (exact) mass is 256 g/mol. The van der Waals surface area contributed by atoms with Crippen molar-refractivity contribution < 1.29 is 9.13 Å². The van der Waals surface area contributed by atoms with Crippen molar-refractivity contribution in [3.63, 3.8) is 0 Å². The lowest BCUT2D eigenvalue weighted by Gasteiger charge is -2.15. The lowest BCUT2D eigenvalue weighted by Crippen LogP contribution is -2.13. The van der Waals surface area contributed by atoms with E-state index in [9.17, 15) is 4.39 Å². The molecule has 1 heterocycles. The number of hydrogen-bond donors (Lipinski definition) is 0. The zero-order valence-corrected chi connectivity index (χ0v) is 10.5. The Morgan fingerprint density at radius 3 is 2.94 bits per heavy atom. The van der Waals surface area contributed by atoms with E-state index in [0.717, 1.165) is 5.52 Å². The lowest BCUT2D eigenvalue weighted by molar-refractivity contribution is 0.163. The maximum absolute atomic E-state index is 13.6. The summed E-state index contributed by atoms with van der Waals surface area (Å²) in [4.78, 5) is 4.23. The molecule has 0 saturated heterocycles. The van der Waals surface area contributed by atoms with E-state index in [1.54, 1.807) is 13.2 Å². The SMILES string of the molecule is COCC(C)n1c(CCl)nc2c(F)cccc21. The number of aromatic nitrogens is 2. The van der Waals surface area contributed by atoms with Gasteiger partial charge in [-0.05, 0) is 19.1 Å². The van der Waals surface area contributed by atoms with Crippen LogP contribution < -0.4 is 0 Å². The third kappa shape index (κ3) is 2.15. The maximum Gasteiger partial charge on any atom is 0.151 e. The van der Waals surface area contributed by atoms with E-state index in [1.165, 1.54) is 6.07 Å². The Morgan fingerprint density at radius 1 is 1.53 bits per heavy atom. The zero-order valence-electron chi connectivity index (χ0n) is 9.78. The zero-order chi connectivity index (χ0) is 12.4. The molecule has 2 aromatic rings. The molecule has 1 atom stereocenters. The van der Waals surface area contributed by atoms with E-state index in [-0.39, 0.29) is 17.7 Å². The molecular formula is C12H14ClFN2O. The largest absolute Gasteiger partial charge is 0.383 e. The summed E-state index contributed by atoms with van der Waals surface area (Å²) in [6, 6.07) is 4.99. The molecule has 1 aromatic heterocycles.